The highest BCUT2D eigenvalue weighted by Gasteiger charge is 2.10. The fraction of sp³-hybridized carbons (Fsp3) is 0.810. The average Bonchev–Trinajstić information content (AvgIpc) is 2.51. The largest absolute Gasteiger partial charge is 0.463 e. The highest BCUT2D eigenvalue weighted by atomic mass is 16.5. The summed E-state index contributed by atoms with van der Waals surface area (Å²) >= 11 is 0. The molecule has 0 rings (SSSR count). The lowest BCUT2D eigenvalue weighted by Crippen LogP contribution is -2.15. The van der Waals surface area contributed by atoms with Crippen molar-refractivity contribution in [3.8, 4) is 11.8 Å². The van der Waals surface area contributed by atoms with Crippen molar-refractivity contribution >= 4 is 11.9 Å². The first kappa shape index (κ1) is 23.5. The summed E-state index contributed by atoms with van der Waals surface area (Å²) in [6.45, 7) is 6.98. The monoisotopic (exact) mass is 352 g/mol. The van der Waals surface area contributed by atoms with Gasteiger partial charge in [-0.2, -0.15) is 0 Å². The van der Waals surface area contributed by atoms with Crippen molar-refractivity contribution in [3.63, 3.8) is 0 Å². The second-order valence-corrected chi connectivity index (χ2v) is 6.64. The van der Waals surface area contributed by atoms with Crippen LogP contribution in [0.4, 0.5) is 0 Å². The van der Waals surface area contributed by atoms with Crippen LogP contribution in [-0.4, -0.2) is 24.1 Å². The third-order valence-electron chi connectivity index (χ3n) is 3.93. The molecule has 0 saturated heterocycles. The quantitative estimate of drug-likeness (QED) is 0.260. The highest BCUT2D eigenvalue weighted by Crippen LogP contribution is 2.12. The van der Waals surface area contributed by atoms with E-state index in [-0.39, 0.29) is 24.1 Å². The number of ether oxygens (including phenoxy) is 2. The van der Waals surface area contributed by atoms with Crippen LogP contribution in [-0.2, 0) is 19.1 Å². The molecule has 0 bridgehead atoms. The van der Waals surface area contributed by atoms with Crippen LogP contribution in [0.1, 0.15) is 98.3 Å². The van der Waals surface area contributed by atoms with Gasteiger partial charge in [0, 0.05) is 26.7 Å². The zero-order valence-electron chi connectivity index (χ0n) is 16.6. The van der Waals surface area contributed by atoms with Crippen LogP contribution in [0.3, 0.4) is 0 Å². The fourth-order valence-electron chi connectivity index (χ4n) is 2.75. The standard InChI is InChI=1S/C21H36O4/c1-5-15-21(25-20(4)23)17-14-12-10-8-6-7-9-11-13-16-18(2)24-19(3)22/h18,21H,5,7,9-17H2,1-4H3/t18-,21-/m1/s1. The maximum absolute atomic E-state index is 11.0. The first-order valence-electron chi connectivity index (χ1n) is 9.75. The van der Waals surface area contributed by atoms with Gasteiger partial charge in [-0.1, -0.05) is 19.8 Å². The fourth-order valence-corrected chi connectivity index (χ4v) is 2.75. The third-order valence-corrected chi connectivity index (χ3v) is 3.93. The number of hydrogen-bond acceptors (Lipinski definition) is 4. The van der Waals surface area contributed by atoms with Crippen molar-refractivity contribution in [3.05, 3.63) is 0 Å². The van der Waals surface area contributed by atoms with E-state index in [1.807, 2.05) is 6.92 Å². The van der Waals surface area contributed by atoms with E-state index in [4.69, 9.17) is 9.47 Å². The van der Waals surface area contributed by atoms with Crippen LogP contribution in [0.25, 0.3) is 0 Å². The van der Waals surface area contributed by atoms with Gasteiger partial charge in [-0.25, -0.2) is 0 Å². The van der Waals surface area contributed by atoms with Gasteiger partial charge in [0.2, 0.25) is 0 Å². The molecule has 25 heavy (non-hydrogen) atoms. The van der Waals surface area contributed by atoms with Crippen molar-refractivity contribution in [2.24, 2.45) is 0 Å². The second kappa shape index (κ2) is 16.0. The van der Waals surface area contributed by atoms with Crippen molar-refractivity contribution in [2.75, 3.05) is 0 Å². The minimum atomic E-state index is -0.202. The molecule has 0 radical (unpaired) electrons. The first-order chi connectivity index (χ1) is 12.0. The summed E-state index contributed by atoms with van der Waals surface area (Å²) in [5.74, 6) is 6.08. The van der Waals surface area contributed by atoms with E-state index < -0.39 is 0 Å². The zero-order chi connectivity index (χ0) is 18.9. The van der Waals surface area contributed by atoms with Crippen molar-refractivity contribution in [1.29, 1.82) is 0 Å². The molecule has 0 aromatic carbocycles. The van der Waals surface area contributed by atoms with Gasteiger partial charge in [-0.3, -0.25) is 9.59 Å². The molecule has 0 amide bonds. The van der Waals surface area contributed by atoms with Gasteiger partial charge in [-0.05, 0) is 51.9 Å². The minimum absolute atomic E-state index is 0.0205. The van der Waals surface area contributed by atoms with Crippen molar-refractivity contribution in [2.45, 2.75) is 111 Å². The van der Waals surface area contributed by atoms with E-state index in [0.717, 1.165) is 70.6 Å². The molecular formula is C21H36O4. The number of carbonyl (C=O) groups excluding carboxylic acids is 2. The SMILES string of the molecule is CCC[C@H](CCCCC#CCCCCC[C@@H](C)OC(C)=O)OC(C)=O. The molecule has 0 N–H and O–H groups in total. The Balaban J connectivity index is 3.56. The molecule has 0 fully saturated rings. The summed E-state index contributed by atoms with van der Waals surface area (Å²) < 4.78 is 10.4. The van der Waals surface area contributed by atoms with Crippen LogP contribution in [0.2, 0.25) is 0 Å². The van der Waals surface area contributed by atoms with E-state index in [0.29, 0.717) is 0 Å². The Morgan fingerprint density at radius 2 is 1.36 bits per heavy atom. The summed E-state index contributed by atoms with van der Waals surface area (Å²) in [4.78, 5) is 21.8. The summed E-state index contributed by atoms with van der Waals surface area (Å²) in [5, 5.41) is 0. The Kier molecular flexibility index (Phi) is 15.0. The lowest BCUT2D eigenvalue weighted by atomic mass is 10.1. The Labute approximate surface area is 154 Å². The number of unbranched alkanes of at least 4 members (excludes halogenated alkanes) is 5. The molecule has 0 aliphatic heterocycles. The Morgan fingerprint density at radius 3 is 1.92 bits per heavy atom. The molecule has 4 nitrogen and oxygen atoms in total. The Hall–Kier alpha value is -1.50. The number of esters is 2. The number of rotatable bonds is 13. The van der Waals surface area contributed by atoms with E-state index in [1.165, 1.54) is 13.8 Å². The molecule has 0 aliphatic carbocycles. The van der Waals surface area contributed by atoms with Crippen LogP contribution >= 0.6 is 0 Å². The predicted octanol–water partition coefficient (Wildman–Crippen LogP) is 5.18. The van der Waals surface area contributed by atoms with E-state index in [1.54, 1.807) is 0 Å². The normalized spacial score (nSPS) is 12.6. The molecule has 0 saturated carbocycles. The lowest BCUT2D eigenvalue weighted by molar-refractivity contribution is -0.147. The molecule has 0 aromatic rings. The second-order valence-electron chi connectivity index (χ2n) is 6.64. The van der Waals surface area contributed by atoms with Crippen molar-refractivity contribution in [1.82, 2.24) is 0 Å². The number of hydrogen-bond donors (Lipinski definition) is 0. The van der Waals surface area contributed by atoms with Gasteiger partial charge in [0.25, 0.3) is 0 Å². The Bertz CT molecular complexity index is 419. The summed E-state index contributed by atoms with van der Waals surface area (Å²) in [5.41, 5.74) is 0. The molecule has 144 valence electrons. The molecular weight excluding hydrogens is 316 g/mol. The van der Waals surface area contributed by atoms with Gasteiger partial charge >= 0.3 is 11.9 Å². The Morgan fingerprint density at radius 1 is 0.800 bits per heavy atom. The van der Waals surface area contributed by atoms with Gasteiger partial charge in [0.05, 0.1) is 6.10 Å². The van der Waals surface area contributed by atoms with Crippen LogP contribution in [0, 0.1) is 11.8 Å². The molecule has 4 heteroatoms. The van der Waals surface area contributed by atoms with Gasteiger partial charge < -0.3 is 9.47 Å². The molecule has 0 unspecified atom stereocenters. The molecule has 0 heterocycles. The maximum atomic E-state index is 11.0. The summed E-state index contributed by atoms with van der Waals surface area (Å²) in [6, 6.07) is 0. The number of carbonyl (C=O) groups is 2. The molecule has 0 aliphatic rings. The van der Waals surface area contributed by atoms with Gasteiger partial charge in [0.1, 0.15) is 6.10 Å². The molecule has 0 aromatic heterocycles. The van der Waals surface area contributed by atoms with Crippen LogP contribution in [0.15, 0.2) is 0 Å². The zero-order valence-corrected chi connectivity index (χ0v) is 16.6. The van der Waals surface area contributed by atoms with E-state index >= 15 is 0 Å². The third kappa shape index (κ3) is 17.1. The van der Waals surface area contributed by atoms with Gasteiger partial charge in [-0.15, -0.1) is 11.8 Å². The molecule has 0 spiro atoms. The smallest absolute Gasteiger partial charge is 0.302 e. The van der Waals surface area contributed by atoms with E-state index in [2.05, 4.69) is 18.8 Å². The maximum Gasteiger partial charge on any atom is 0.302 e. The summed E-state index contributed by atoms with van der Waals surface area (Å²) in [6.07, 6.45) is 11.2. The van der Waals surface area contributed by atoms with Crippen LogP contribution < -0.4 is 0 Å². The average molecular weight is 353 g/mol. The topological polar surface area (TPSA) is 52.6 Å². The van der Waals surface area contributed by atoms with Crippen molar-refractivity contribution < 1.29 is 19.1 Å². The predicted molar refractivity (Wildman–Crippen MR) is 101 cm³/mol. The van der Waals surface area contributed by atoms with Gasteiger partial charge in [0.15, 0.2) is 0 Å². The van der Waals surface area contributed by atoms with Crippen LogP contribution in [0.5, 0.6) is 0 Å². The van der Waals surface area contributed by atoms with E-state index in [9.17, 15) is 9.59 Å². The lowest BCUT2D eigenvalue weighted by Gasteiger charge is -2.15. The summed E-state index contributed by atoms with van der Waals surface area (Å²) in [7, 11) is 0. The minimum Gasteiger partial charge on any atom is -0.463 e. The first-order valence-corrected chi connectivity index (χ1v) is 9.75. The molecule has 2 atom stereocenters. The highest BCUT2D eigenvalue weighted by molar-refractivity contribution is 5.66.